The Morgan fingerprint density at radius 1 is 1.28 bits per heavy atom. The van der Waals surface area contributed by atoms with E-state index in [1.54, 1.807) is 18.2 Å². The molecule has 0 spiro atoms. The predicted octanol–water partition coefficient (Wildman–Crippen LogP) is 1.40. The maximum atomic E-state index is 10.7. The molecule has 1 aromatic rings. The molecule has 0 saturated heterocycles. The molecule has 0 aromatic heterocycles. The van der Waals surface area contributed by atoms with Crippen LogP contribution in [0.4, 0.5) is 0 Å². The predicted molar refractivity (Wildman–Crippen MR) is 64.1 cm³/mol. The van der Waals surface area contributed by atoms with Crippen molar-refractivity contribution in [3.05, 3.63) is 23.8 Å². The Morgan fingerprint density at radius 3 is 2.67 bits per heavy atom. The number of ether oxygens (including phenoxy) is 2. The molecule has 1 heterocycles. The molecule has 0 radical (unpaired) electrons. The molecule has 1 atom stereocenters. The van der Waals surface area contributed by atoms with E-state index in [0.717, 1.165) is 12.0 Å². The topological polar surface area (TPSA) is 76.0 Å². The van der Waals surface area contributed by atoms with Gasteiger partial charge in [-0.3, -0.25) is 4.79 Å². The van der Waals surface area contributed by atoms with Gasteiger partial charge in [-0.05, 0) is 17.7 Å². The van der Waals surface area contributed by atoms with Gasteiger partial charge in [-0.15, -0.1) is 0 Å². The van der Waals surface area contributed by atoms with Crippen LogP contribution in [0.5, 0.6) is 11.5 Å². The third-order valence-electron chi connectivity index (χ3n) is 2.88. The zero-order chi connectivity index (χ0) is 13.0. The van der Waals surface area contributed by atoms with Gasteiger partial charge in [0.1, 0.15) is 0 Å². The van der Waals surface area contributed by atoms with Crippen molar-refractivity contribution < 1.29 is 24.5 Å². The molecule has 0 saturated carbocycles. The van der Waals surface area contributed by atoms with Gasteiger partial charge in [0.15, 0.2) is 11.5 Å². The molecular formula is C13H16O5. The highest BCUT2D eigenvalue weighted by atomic mass is 16.5. The van der Waals surface area contributed by atoms with Crippen LogP contribution in [0.15, 0.2) is 18.2 Å². The Labute approximate surface area is 105 Å². The summed E-state index contributed by atoms with van der Waals surface area (Å²) in [5.41, 5.74) is 0.754. The van der Waals surface area contributed by atoms with Crippen molar-refractivity contribution in [1.82, 2.24) is 0 Å². The number of aliphatic hydroxyl groups excluding tert-OH is 1. The molecule has 0 fully saturated rings. The highest BCUT2D eigenvalue weighted by molar-refractivity contribution is 5.68. The van der Waals surface area contributed by atoms with Crippen molar-refractivity contribution in [2.45, 2.75) is 18.8 Å². The summed E-state index contributed by atoms with van der Waals surface area (Å²) >= 11 is 0. The zero-order valence-corrected chi connectivity index (χ0v) is 9.96. The van der Waals surface area contributed by atoms with Crippen molar-refractivity contribution in [3.63, 3.8) is 0 Å². The second kappa shape index (κ2) is 5.73. The Bertz CT molecular complexity index is 429. The zero-order valence-electron chi connectivity index (χ0n) is 9.96. The van der Waals surface area contributed by atoms with Crippen LogP contribution in [0.3, 0.4) is 0 Å². The van der Waals surface area contributed by atoms with Gasteiger partial charge in [-0.2, -0.15) is 0 Å². The van der Waals surface area contributed by atoms with Gasteiger partial charge in [-0.25, -0.2) is 0 Å². The van der Waals surface area contributed by atoms with Gasteiger partial charge in [0.25, 0.3) is 0 Å². The number of carboxylic acid groups (broad SMARTS) is 1. The van der Waals surface area contributed by atoms with Crippen LogP contribution in [-0.2, 0) is 4.79 Å². The molecule has 98 valence electrons. The van der Waals surface area contributed by atoms with Crippen LogP contribution in [0, 0.1) is 0 Å². The smallest absolute Gasteiger partial charge is 0.304 e. The van der Waals surface area contributed by atoms with Crippen LogP contribution in [-0.4, -0.2) is 36.0 Å². The summed E-state index contributed by atoms with van der Waals surface area (Å²) in [6.45, 7) is 0.996. The number of carboxylic acids is 1. The number of carbonyl (C=O) groups is 1. The normalized spacial score (nSPS) is 15.8. The second-order valence-electron chi connectivity index (χ2n) is 4.23. The van der Waals surface area contributed by atoms with Gasteiger partial charge in [0.2, 0.25) is 0 Å². The standard InChI is InChI=1S/C13H16O5/c14-8-10(7-13(15)16)9-2-3-11-12(6-9)18-5-1-4-17-11/h2-3,6,10,14H,1,4-5,7-8H2,(H,15,16). The number of aliphatic hydroxyl groups is 1. The quantitative estimate of drug-likeness (QED) is 0.847. The van der Waals surface area contributed by atoms with Crippen LogP contribution in [0.2, 0.25) is 0 Å². The van der Waals surface area contributed by atoms with E-state index in [9.17, 15) is 9.90 Å². The fraction of sp³-hybridized carbons (Fsp3) is 0.462. The summed E-state index contributed by atoms with van der Waals surface area (Å²) in [7, 11) is 0. The van der Waals surface area contributed by atoms with Gasteiger partial charge < -0.3 is 19.7 Å². The molecule has 0 amide bonds. The van der Waals surface area contributed by atoms with E-state index in [-0.39, 0.29) is 13.0 Å². The summed E-state index contributed by atoms with van der Waals surface area (Å²) < 4.78 is 11.0. The first-order chi connectivity index (χ1) is 8.70. The third-order valence-corrected chi connectivity index (χ3v) is 2.88. The molecule has 2 N–H and O–H groups in total. The number of hydrogen-bond acceptors (Lipinski definition) is 4. The van der Waals surface area contributed by atoms with E-state index < -0.39 is 11.9 Å². The highest BCUT2D eigenvalue weighted by Crippen LogP contribution is 2.33. The molecule has 2 rings (SSSR count). The molecule has 1 aliphatic rings. The minimum Gasteiger partial charge on any atom is -0.490 e. The molecule has 1 aromatic carbocycles. The number of aliphatic carboxylic acids is 1. The fourth-order valence-corrected chi connectivity index (χ4v) is 1.93. The number of fused-ring (bicyclic) bond motifs is 1. The van der Waals surface area contributed by atoms with Gasteiger partial charge in [-0.1, -0.05) is 6.07 Å². The molecule has 1 aliphatic heterocycles. The van der Waals surface area contributed by atoms with Crippen molar-refractivity contribution in [2.24, 2.45) is 0 Å². The second-order valence-corrected chi connectivity index (χ2v) is 4.23. The van der Waals surface area contributed by atoms with E-state index in [1.807, 2.05) is 0 Å². The number of benzene rings is 1. The van der Waals surface area contributed by atoms with Crippen LogP contribution in [0.1, 0.15) is 24.3 Å². The Balaban J connectivity index is 2.23. The van der Waals surface area contributed by atoms with Gasteiger partial charge in [0, 0.05) is 12.3 Å². The molecule has 1 unspecified atom stereocenters. The summed E-state index contributed by atoms with van der Waals surface area (Å²) in [5, 5.41) is 18.0. The van der Waals surface area contributed by atoms with Gasteiger partial charge >= 0.3 is 5.97 Å². The fourth-order valence-electron chi connectivity index (χ4n) is 1.93. The summed E-state index contributed by atoms with van der Waals surface area (Å²) in [6, 6.07) is 5.29. The Hall–Kier alpha value is -1.75. The van der Waals surface area contributed by atoms with E-state index in [4.69, 9.17) is 14.6 Å². The molecule has 5 heteroatoms. The molecule has 0 bridgehead atoms. The lowest BCUT2D eigenvalue weighted by Crippen LogP contribution is -2.10. The minimum atomic E-state index is -0.929. The first-order valence-corrected chi connectivity index (χ1v) is 5.93. The van der Waals surface area contributed by atoms with E-state index in [0.29, 0.717) is 24.7 Å². The summed E-state index contributed by atoms with van der Waals surface area (Å²) in [4.78, 5) is 10.7. The van der Waals surface area contributed by atoms with Crippen LogP contribution in [0.25, 0.3) is 0 Å². The lowest BCUT2D eigenvalue weighted by Gasteiger charge is -2.15. The summed E-state index contributed by atoms with van der Waals surface area (Å²) in [6.07, 6.45) is 0.721. The van der Waals surface area contributed by atoms with E-state index >= 15 is 0 Å². The molecule has 18 heavy (non-hydrogen) atoms. The van der Waals surface area contributed by atoms with E-state index in [1.165, 1.54) is 0 Å². The maximum absolute atomic E-state index is 10.7. The maximum Gasteiger partial charge on any atom is 0.304 e. The van der Waals surface area contributed by atoms with Gasteiger partial charge in [0.05, 0.1) is 26.2 Å². The largest absolute Gasteiger partial charge is 0.490 e. The van der Waals surface area contributed by atoms with E-state index in [2.05, 4.69) is 0 Å². The molecular weight excluding hydrogens is 236 g/mol. The Morgan fingerprint density at radius 2 is 2.00 bits per heavy atom. The molecule has 5 nitrogen and oxygen atoms in total. The lowest BCUT2D eigenvalue weighted by atomic mass is 9.96. The first-order valence-electron chi connectivity index (χ1n) is 5.93. The highest BCUT2D eigenvalue weighted by Gasteiger charge is 2.18. The first kappa shape index (κ1) is 12.7. The number of hydrogen-bond donors (Lipinski definition) is 2. The lowest BCUT2D eigenvalue weighted by molar-refractivity contribution is -0.137. The van der Waals surface area contributed by atoms with Crippen molar-refractivity contribution in [3.8, 4) is 11.5 Å². The number of rotatable bonds is 4. The summed E-state index contributed by atoms with van der Waals surface area (Å²) in [5.74, 6) is -0.0575. The van der Waals surface area contributed by atoms with Crippen molar-refractivity contribution >= 4 is 5.97 Å². The Kier molecular flexibility index (Phi) is 4.04. The molecule has 0 aliphatic carbocycles. The average molecular weight is 252 g/mol. The SMILES string of the molecule is O=C(O)CC(CO)c1ccc2c(c1)OCCCO2. The average Bonchev–Trinajstić information content (AvgIpc) is 2.59. The monoisotopic (exact) mass is 252 g/mol. The third kappa shape index (κ3) is 2.92. The van der Waals surface area contributed by atoms with Crippen LogP contribution >= 0.6 is 0 Å². The van der Waals surface area contributed by atoms with Crippen molar-refractivity contribution in [2.75, 3.05) is 19.8 Å². The van der Waals surface area contributed by atoms with Crippen LogP contribution < -0.4 is 9.47 Å². The van der Waals surface area contributed by atoms with Crippen molar-refractivity contribution in [1.29, 1.82) is 0 Å². The minimum absolute atomic E-state index is 0.101.